The highest BCUT2D eigenvalue weighted by molar-refractivity contribution is 5.62. The molecule has 8 heteroatoms. The van der Waals surface area contributed by atoms with E-state index >= 15 is 0 Å². The van der Waals surface area contributed by atoms with Crippen molar-refractivity contribution in [3.8, 4) is 0 Å². The summed E-state index contributed by atoms with van der Waals surface area (Å²) in [5, 5.41) is 23.5. The fraction of sp³-hybridized carbons (Fsp3) is 0.615. The summed E-state index contributed by atoms with van der Waals surface area (Å²) >= 11 is 0. The van der Waals surface area contributed by atoms with E-state index in [4.69, 9.17) is 4.74 Å². The van der Waals surface area contributed by atoms with Gasteiger partial charge in [-0.25, -0.2) is 4.98 Å². The van der Waals surface area contributed by atoms with E-state index < -0.39 is 4.92 Å². The number of aliphatic hydroxyl groups is 1. The number of morpholine rings is 1. The number of aliphatic hydroxyl groups excluding tert-OH is 1. The molecule has 1 aliphatic rings. The average molecular weight is 296 g/mol. The van der Waals surface area contributed by atoms with Gasteiger partial charge in [-0.1, -0.05) is 6.92 Å². The molecular weight excluding hydrogens is 276 g/mol. The van der Waals surface area contributed by atoms with Crippen LogP contribution >= 0.6 is 0 Å². The minimum atomic E-state index is -0.435. The van der Waals surface area contributed by atoms with E-state index in [1.54, 1.807) is 11.0 Å². The van der Waals surface area contributed by atoms with E-state index in [9.17, 15) is 15.2 Å². The highest BCUT2D eigenvalue weighted by atomic mass is 16.6. The second kappa shape index (κ2) is 7.19. The highest BCUT2D eigenvalue weighted by Crippen LogP contribution is 2.29. The van der Waals surface area contributed by atoms with Crippen LogP contribution in [0.5, 0.6) is 0 Å². The Bertz CT molecular complexity index is 497. The number of hydrogen-bond donors (Lipinski definition) is 2. The molecule has 0 radical (unpaired) electrons. The van der Waals surface area contributed by atoms with Crippen LogP contribution in [0.25, 0.3) is 0 Å². The molecule has 1 aromatic heterocycles. The zero-order chi connectivity index (χ0) is 15.2. The van der Waals surface area contributed by atoms with Crippen molar-refractivity contribution in [2.45, 2.75) is 19.4 Å². The van der Waals surface area contributed by atoms with Gasteiger partial charge in [-0.05, 0) is 12.5 Å². The first-order chi connectivity index (χ1) is 10.2. The summed E-state index contributed by atoms with van der Waals surface area (Å²) in [5.74, 6) is 0.937. The van der Waals surface area contributed by atoms with Crippen molar-refractivity contribution in [1.29, 1.82) is 0 Å². The van der Waals surface area contributed by atoms with Crippen molar-refractivity contribution >= 4 is 17.3 Å². The van der Waals surface area contributed by atoms with Gasteiger partial charge < -0.3 is 20.1 Å². The van der Waals surface area contributed by atoms with Crippen LogP contribution in [0.1, 0.15) is 13.3 Å². The zero-order valence-electron chi connectivity index (χ0n) is 12.0. The predicted molar refractivity (Wildman–Crippen MR) is 78.7 cm³/mol. The lowest BCUT2D eigenvalue weighted by molar-refractivity contribution is -0.384. The molecule has 0 spiro atoms. The molecule has 1 atom stereocenters. The fourth-order valence-corrected chi connectivity index (χ4v) is 2.19. The molecule has 0 aliphatic carbocycles. The van der Waals surface area contributed by atoms with Crippen molar-refractivity contribution in [2.75, 3.05) is 43.1 Å². The fourth-order valence-electron chi connectivity index (χ4n) is 2.19. The van der Waals surface area contributed by atoms with E-state index in [1.165, 1.54) is 6.07 Å². The molecule has 8 nitrogen and oxygen atoms in total. The first-order valence-electron chi connectivity index (χ1n) is 7.02. The van der Waals surface area contributed by atoms with Gasteiger partial charge in [-0.15, -0.1) is 0 Å². The van der Waals surface area contributed by atoms with E-state index in [1.807, 2.05) is 6.92 Å². The Morgan fingerprint density at radius 3 is 3.10 bits per heavy atom. The summed E-state index contributed by atoms with van der Waals surface area (Å²) in [6, 6.07) is 3.07. The lowest BCUT2D eigenvalue weighted by atomic mass is 10.2. The smallest absolute Gasteiger partial charge is 0.311 e. The summed E-state index contributed by atoms with van der Waals surface area (Å²) in [6.45, 7) is 4.00. The zero-order valence-corrected chi connectivity index (χ0v) is 12.0. The van der Waals surface area contributed by atoms with Gasteiger partial charge in [0.05, 0.1) is 24.2 Å². The number of anilines is 2. The maximum Gasteiger partial charge on any atom is 0.311 e. The molecule has 0 aromatic carbocycles. The Balaban J connectivity index is 2.27. The van der Waals surface area contributed by atoms with E-state index in [-0.39, 0.29) is 18.4 Å². The van der Waals surface area contributed by atoms with Crippen molar-refractivity contribution in [2.24, 2.45) is 0 Å². The standard InChI is InChI=1S/C13H20N4O4/c1-2-5-14-12-4-3-11(17(19)20)13(15-12)16-6-7-21-10(8-16)9-18/h3-4,10,18H,2,5-9H2,1H3,(H,14,15). The van der Waals surface area contributed by atoms with Crippen LogP contribution in [0, 0.1) is 10.1 Å². The summed E-state index contributed by atoms with van der Waals surface area (Å²) in [6.07, 6.45) is 0.602. The molecule has 2 N–H and O–H groups in total. The first-order valence-corrected chi connectivity index (χ1v) is 7.02. The van der Waals surface area contributed by atoms with Crippen LogP contribution in [-0.2, 0) is 4.74 Å². The van der Waals surface area contributed by atoms with Gasteiger partial charge in [0.15, 0.2) is 0 Å². The summed E-state index contributed by atoms with van der Waals surface area (Å²) in [5.41, 5.74) is -0.0318. The minimum Gasteiger partial charge on any atom is -0.394 e. The normalized spacial score (nSPS) is 18.6. The van der Waals surface area contributed by atoms with Crippen LogP contribution < -0.4 is 10.2 Å². The number of hydrogen-bond acceptors (Lipinski definition) is 7. The van der Waals surface area contributed by atoms with Crippen LogP contribution in [0.2, 0.25) is 0 Å². The van der Waals surface area contributed by atoms with Gasteiger partial charge >= 0.3 is 5.69 Å². The largest absolute Gasteiger partial charge is 0.394 e. The summed E-state index contributed by atoms with van der Waals surface area (Å²) < 4.78 is 5.37. The number of pyridine rings is 1. The van der Waals surface area contributed by atoms with Crippen molar-refractivity contribution in [3.63, 3.8) is 0 Å². The van der Waals surface area contributed by atoms with Crippen LogP contribution in [0.15, 0.2) is 12.1 Å². The Morgan fingerprint density at radius 2 is 2.43 bits per heavy atom. The second-order valence-corrected chi connectivity index (χ2v) is 4.84. The number of nitro groups is 1. The molecule has 2 rings (SSSR count). The maximum atomic E-state index is 11.2. The molecule has 2 heterocycles. The number of ether oxygens (including phenoxy) is 1. The molecule has 116 valence electrons. The lowest BCUT2D eigenvalue weighted by Gasteiger charge is -2.32. The van der Waals surface area contributed by atoms with E-state index in [0.29, 0.717) is 31.3 Å². The monoisotopic (exact) mass is 296 g/mol. The number of nitrogens with one attached hydrogen (secondary N) is 1. The Hall–Kier alpha value is -1.93. The van der Waals surface area contributed by atoms with Crippen LogP contribution in [0.3, 0.4) is 0 Å². The van der Waals surface area contributed by atoms with Gasteiger partial charge in [-0.3, -0.25) is 10.1 Å². The minimum absolute atomic E-state index is 0.0318. The van der Waals surface area contributed by atoms with E-state index in [2.05, 4.69) is 10.3 Å². The average Bonchev–Trinajstić information content (AvgIpc) is 2.52. The molecule has 0 amide bonds. The molecule has 0 saturated carbocycles. The van der Waals surface area contributed by atoms with Gasteiger partial charge in [0.1, 0.15) is 5.82 Å². The van der Waals surface area contributed by atoms with Gasteiger partial charge in [0, 0.05) is 25.7 Å². The molecule has 0 bridgehead atoms. The van der Waals surface area contributed by atoms with Crippen molar-refractivity contribution in [3.05, 3.63) is 22.2 Å². The molecule has 21 heavy (non-hydrogen) atoms. The third-order valence-corrected chi connectivity index (χ3v) is 3.25. The molecule has 1 aromatic rings. The van der Waals surface area contributed by atoms with Crippen molar-refractivity contribution < 1.29 is 14.8 Å². The predicted octanol–water partition coefficient (Wildman–Crippen LogP) is 1.01. The Labute approximate surface area is 122 Å². The third-order valence-electron chi connectivity index (χ3n) is 3.25. The summed E-state index contributed by atoms with van der Waals surface area (Å²) in [7, 11) is 0. The Kier molecular flexibility index (Phi) is 5.29. The quantitative estimate of drug-likeness (QED) is 0.596. The van der Waals surface area contributed by atoms with Gasteiger partial charge in [-0.2, -0.15) is 0 Å². The van der Waals surface area contributed by atoms with E-state index in [0.717, 1.165) is 13.0 Å². The number of nitrogens with zero attached hydrogens (tertiary/aromatic N) is 3. The van der Waals surface area contributed by atoms with Crippen LogP contribution in [0.4, 0.5) is 17.3 Å². The first kappa shape index (κ1) is 15.5. The third kappa shape index (κ3) is 3.79. The number of aromatic nitrogens is 1. The molecule has 1 unspecified atom stereocenters. The molecule has 1 aliphatic heterocycles. The highest BCUT2D eigenvalue weighted by Gasteiger charge is 2.27. The summed E-state index contributed by atoms with van der Waals surface area (Å²) in [4.78, 5) is 16.9. The molecular formula is C13H20N4O4. The topological polar surface area (TPSA) is 101 Å². The lowest BCUT2D eigenvalue weighted by Crippen LogP contribution is -2.44. The number of rotatable bonds is 6. The SMILES string of the molecule is CCCNc1ccc([N+](=O)[O-])c(N2CCOC(CO)C2)n1. The maximum absolute atomic E-state index is 11.2. The van der Waals surface area contributed by atoms with Crippen molar-refractivity contribution in [1.82, 2.24) is 4.98 Å². The Morgan fingerprint density at radius 1 is 1.62 bits per heavy atom. The van der Waals surface area contributed by atoms with Gasteiger partial charge in [0.25, 0.3) is 0 Å². The van der Waals surface area contributed by atoms with Crippen LogP contribution in [-0.4, -0.2) is 54.0 Å². The second-order valence-electron chi connectivity index (χ2n) is 4.84. The molecule has 1 fully saturated rings. The molecule has 1 saturated heterocycles. The van der Waals surface area contributed by atoms with Gasteiger partial charge in [0.2, 0.25) is 5.82 Å².